The number of para-hydroxylation sites is 1. The Balaban J connectivity index is 1.40. The van der Waals surface area contributed by atoms with Crippen LogP contribution in [-0.4, -0.2) is 14.1 Å². The number of fused-ring (bicyclic) bond motifs is 6. The lowest BCUT2D eigenvalue weighted by molar-refractivity contribution is 1.13. The summed E-state index contributed by atoms with van der Waals surface area (Å²) in [5, 5.41) is 33.1. The SMILES string of the molecule is N#Cc1ccc(-c2ccccc2-c2cc(-n3c4ccc(C#N)cc4c4cc(C#N)ccc43)cc(-n3c4ccccc4c4ccncc43)c2)cc1. The zero-order chi connectivity index (χ0) is 33.8. The predicted molar refractivity (Wildman–Crippen MR) is 198 cm³/mol. The molecule has 0 bridgehead atoms. The van der Waals surface area contributed by atoms with Crippen molar-refractivity contribution in [2.24, 2.45) is 0 Å². The Kier molecular flexibility index (Phi) is 6.53. The first-order valence-electron chi connectivity index (χ1n) is 16.1. The minimum absolute atomic E-state index is 0.558. The highest BCUT2D eigenvalue weighted by atomic mass is 15.0. The van der Waals surface area contributed by atoms with Crippen LogP contribution < -0.4 is 0 Å². The number of nitriles is 3. The Morgan fingerprint density at radius 2 is 0.940 bits per heavy atom. The molecular weight excluding hydrogens is 613 g/mol. The molecule has 50 heavy (non-hydrogen) atoms. The molecule has 0 atom stereocenters. The second-order valence-electron chi connectivity index (χ2n) is 12.2. The molecule has 9 aromatic rings. The van der Waals surface area contributed by atoms with Crippen LogP contribution in [0.3, 0.4) is 0 Å². The summed E-state index contributed by atoms with van der Waals surface area (Å²) in [6.45, 7) is 0. The van der Waals surface area contributed by atoms with Crippen molar-refractivity contribution >= 4 is 43.6 Å². The van der Waals surface area contributed by atoms with Crippen molar-refractivity contribution in [3.05, 3.63) is 163 Å². The first kappa shape index (κ1) is 28.7. The molecule has 6 nitrogen and oxygen atoms in total. The van der Waals surface area contributed by atoms with Gasteiger partial charge < -0.3 is 9.13 Å². The molecule has 0 aliphatic carbocycles. The maximum absolute atomic E-state index is 9.79. The molecule has 0 aliphatic rings. The Morgan fingerprint density at radius 3 is 1.58 bits per heavy atom. The fourth-order valence-electron chi connectivity index (χ4n) is 7.26. The van der Waals surface area contributed by atoms with Crippen LogP contribution in [0, 0.1) is 34.0 Å². The van der Waals surface area contributed by atoms with Crippen molar-refractivity contribution < 1.29 is 0 Å². The van der Waals surface area contributed by atoms with E-state index >= 15 is 0 Å². The normalized spacial score (nSPS) is 11.1. The third kappa shape index (κ3) is 4.44. The van der Waals surface area contributed by atoms with Crippen LogP contribution in [0.15, 0.2) is 146 Å². The molecule has 0 saturated carbocycles. The molecule has 0 unspecified atom stereocenters. The van der Waals surface area contributed by atoms with E-state index in [1.165, 1.54) is 0 Å². The fraction of sp³-hybridized carbons (Fsp3) is 0. The van der Waals surface area contributed by atoms with Gasteiger partial charge >= 0.3 is 0 Å². The third-order valence-electron chi connectivity index (χ3n) is 9.48. The lowest BCUT2D eigenvalue weighted by atomic mass is 9.93. The number of hydrogen-bond acceptors (Lipinski definition) is 4. The highest BCUT2D eigenvalue weighted by Gasteiger charge is 2.19. The number of aromatic nitrogens is 3. The molecular formula is C44H24N6. The quantitative estimate of drug-likeness (QED) is 0.192. The highest BCUT2D eigenvalue weighted by Crippen LogP contribution is 2.40. The maximum Gasteiger partial charge on any atom is 0.0991 e. The van der Waals surface area contributed by atoms with Gasteiger partial charge in [0, 0.05) is 39.1 Å². The van der Waals surface area contributed by atoms with E-state index in [4.69, 9.17) is 0 Å². The van der Waals surface area contributed by atoms with E-state index < -0.39 is 0 Å². The number of nitrogens with zero attached hydrogens (tertiary/aromatic N) is 6. The Labute approximate surface area is 287 Å². The van der Waals surface area contributed by atoms with Crippen molar-refractivity contribution in [1.82, 2.24) is 14.1 Å². The van der Waals surface area contributed by atoms with Crippen LogP contribution in [0.1, 0.15) is 16.7 Å². The molecule has 0 radical (unpaired) electrons. The van der Waals surface area contributed by atoms with Crippen molar-refractivity contribution in [2.45, 2.75) is 0 Å². The fourth-order valence-corrected chi connectivity index (χ4v) is 7.26. The molecule has 3 aromatic heterocycles. The van der Waals surface area contributed by atoms with Crippen molar-refractivity contribution in [3.63, 3.8) is 0 Å². The molecule has 6 heteroatoms. The van der Waals surface area contributed by atoms with Crippen molar-refractivity contribution in [2.75, 3.05) is 0 Å². The summed E-state index contributed by atoms with van der Waals surface area (Å²) < 4.78 is 4.49. The predicted octanol–water partition coefficient (Wildman–Crippen LogP) is 10.2. The molecule has 0 fully saturated rings. The summed E-state index contributed by atoms with van der Waals surface area (Å²) in [4.78, 5) is 4.53. The Bertz CT molecular complexity index is 2830. The van der Waals surface area contributed by atoms with Gasteiger partial charge in [-0.15, -0.1) is 0 Å². The van der Waals surface area contributed by atoms with Gasteiger partial charge in [0.15, 0.2) is 0 Å². The van der Waals surface area contributed by atoms with Gasteiger partial charge in [0.05, 0.1) is 63.2 Å². The minimum Gasteiger partial charge on any atom is -0.309 e. The van der Waals surface area contributed by atoms with Crippen molar-refractivity contribution in [3.8, 4) is 51.8 Å². The van der Waals surface area contributed by atoms with Crippen LogP contribution in [0.5, 0.6) is 0 Å². The summed E-state index contributed by atoms with van der Waals surface area (Å²) in [5.41, 5.74) is 11.6. The zero-order valence-corrected chi connectivity index (χ0v) is 26.5. The lowest BCUT2D eigenvalue weighted by Gasteiger charge is -2.17. The minimum atomic E-state index is 0.558. The second kappa shape index (κ2) is 11.4. The molecule has 6 aromatic carbocycles. The van der Waals surface area contributed by atoms with Crippen LogP contribution in [0.4, 0.5) is 0 Å². The number of pyridine rings is 1. The van der Waals surface area contributed by atoms with Crippen LogP contribution in [0.25, 0.3) is 77.2 Å². The number of rotatable bonds is 4. The van der Waals surface area contributed by atoms with E-state index in [1.807, 2.05) is 85.2 Å². The Morgan fingerprint density at radius 1 is 0.420 bits per heavy atom. The second-order valence-corrected chi connectivity index (χ2v) is 12.2. The summed E-state index contributed by atoms with van der Waals surface area (Å²) >= 11 is 0. The van der Waals surface area contributed by atoms with Gasteiger partial charge in [-0.1, -0.05) is 54.6 Å². The van der Waals surface area contributed by atoms with Gasteiger partial charge in [-0.25, -0.2) is 0 Å². The van der Waals surface area contributed by atoms with E-state index in [9.17, 15) is 15.8 Å². The van der Waals surface area contributed by atoms with Gasteiger partial charge in [0.2, 0.25) is 0 Å². The van der Waals surface area contributed by atoms with Gasteiger partial charge in [-0.05, 0) is 101 Å². The average Bonchev–Trinajstić information content (AvgIpc) is 3.70. The van der Waals surface area contributed by atoms with Crippen LogP contribution in [0.2, 0.25) is 0 Å². The topological polar surface area (TPSA) is 94.1 Å². The van der Waals surface area contributed by atoms with E-state index in [0.717, 1.165) is 77.2 Å². The summed E-state index contributed by atoms with van der Waals surface area (Å²) in [6.07, 6.45) is 3.75. The van der Waals surface area contributed by atoms with Gasteiger partial charge in [0.25, 0.3) is 0 Å². The summed E-state index contributed by atoms with van der Waals surface area (Å²) in [6, 6.07) is 51.3. The number of hydrogen-bond donors (Lipinski definition) is 0. The van der Waals surface area contributed by atoms with Gasteiger partial charge in [-0.2, -0.15) is 15.8 Å². The van der Waals surface area contributed by atoms with E-state index in [-0.39, 0.29) is 0 Å². The zero-order valence-electron chi connectivity index (χ0n) is 26.5. The first-order chi connectivity index (χ1) is 24.6. The third-order valence-corrected chi connectivity index (χ3v) is 9.48. The number of benzene rings is 6. The Hall–Kier alpha value is -7.46. The molecule has 0 aliphatic heterocycles. The standard InChI is InChI=1S/C44H24N6/c45-24-28-9-13-31(14-10-28)35-5-1-2-6-36(35)32-21-33(23-34(22-32)50-41-8-4-3-7-37(41)38-17-18-48-27-44(38)50)49-42-15-11-29(25-46)19-39(42)40-20-30(26-47)12-16-43(40)49/h1-23,27H. The van der Waals surface area contributed by atoms with E-state index in [1.54, 1.807) is 0 Å². The average molecular weight is 637 g/mol. The molecule has 3 heterocycles. The molecule has 0 amide bonds. The van der Waals surface area contributed by atoms with Crippen LogP contribution in [-0.2, 0) is 0 Å². The molecule has 0 spiro atoms. The largest absolute Gasteiger partial charge is 0.309 e. The maximum atomic E-state index is 9.79. The van der Waals surface area contributed by atoms with Gasteiger partial charge in [0.1, 0.15) is 0 Å². The molecule has 9 rings (SSSR count). The lowest BCUT2D eigenvalue weighted by Crippen LogP contribution is -2.00. The smallest absolute Gasteiger partial charge is 0.0991 e. The summed E-state index contributed by atoms with van der Waals surface area (Å²) in [7, 11) is 0. The molecule has 0 saturated heterocycles. The highest BCUT2D eigenvalue weighted by molar-refractivity contribution is 6.11. The molecule has 230 valence electrons. The monoisotopic (exact) mass is 636 g/mol. The van der Waals surface area contributed by atoms with Crippen LogP contribution >= 0.6 is 0 Å². The van der Waals surface area contributed by atoms with Gasteiger partial charge in [-0.3, -0.25) is 4.98 Å². The summed E-state index contributed by atoms with van der Waals surface area (Å²) in [5.74, 6) is 0. The molecule has 0 N–H and O–H groups in total. The first-order valence-corrected chi connectivity index (χ1v) is 16.1. The van der Waals surface area contributed by atoms with Crippen molar-refractivity contribution in [1.29, 1.82) is 15.8 Å². The van der Waals surface area contributed by atoms with E-state index in [0.29, 0.717) is 16.7 Å². The van der Waals surface area contributed by atoms with E-state index in [2.05, 4.69) is 93.0 Å².